The predicted octanol–water partition coefficient (Wildman–Crippen LogP) is 2.07. The van der Waals surface area contributed by atoms with Crippen LogP contribution < -0.4 is 4.90 Å². The first kappa shape index (κ1) is 13.5. The van der Waals surface area contributed by atoms with E-state index in [0.717, 1.165) is 23.5 Å². The number of fused-ring (bicyclic) bond motifs is 2. The number of amides is 2. The fourth-order valence-electron chi connectivity index (χ4n) is 4.26. The van der Waals surface area contributed by atoms with Crippen LogP contribution in [0.4, 0.5) is 14.5 Å². The molecule has 3 aliphatic carbocycles. The summed E-state index contributed by atoms with van der Waals surface area (Å²) in [6.07, 6.45) is 1.74. The summed E-state index contributed by atoms with van der Waals surface area (Å²) in [5, 5.41) is 0. The van der Waals surface area contributed by atoms with Gasteiger partial charge in [0.25, 0.3) is 0 Å². The molecule has 0 N–H and O–H groups in total. The number of nitrogens with zero attached hydrogens (tertiary/aromatic N) is 1. The lowest BCUT2D eigenvalue weighted by molar-refractivity contribution is -0.143. The van der Waals surface area contributed by atoms with Gasteiger partial charge in [0.05, 0.1) is 17.5 Å². The van der Waals surface area contributed by atoms with Crippen molar-refractivity contribution in [1.82, 2.24) is 0 Å². The van der Waals surface area contributed by atoms with Crippen LogP contribution >= 0.6 is 0 Å². The van der Waals surface area contributed by atoms with Crippen LogP contribution in [-0.2, 0) is 14.4 Å². The van der Waals surface area contributed by atoms with Gasteiger partial charge in [-0.15, -0.1) is 0 Å². The monoisotopic (exact) mass is 305 g/mol. The summed E-state index contributed by atoms with van der Waals surface area (Å²) in [6.45, 7) is 0. The van der Waals surface area contributed by atoms with Crippen LogP contribution in [0.3, 0.4) is 0 Å². The molecule has 0 aromatic heterocycles. The summed E-state index contributed by atoms with van der Waals surface area (Å²) >= 11 is 0. The number of hydrogen-bond acceptors (Lipinski definition) is 3. The Morgan fingerprint density at radius 2 is 1.68 bits per heavy atom. The van der Waals surface area contributed by atoms with E-state index in [4.69, 9.17) is 0 Å². The van der Waals surface area contributed by atoms with Gasteiger partial charge in [-0.05, 0) is 30.9 Å². The lowest BCUT2D eigenvalue weighted by atomic mass is 9.59. The molecule has 0 spiro atoms. The Hall–Kier alpha value is -2.11. The number of halogens is 2. The van der Waals surface area contributed by atoms with Crippen molar-refractivity contribution in [2.45, 2.75) is 19.3 Å². The molecule has 114 valence electrons. The highest BCUT2D eigenvalue weighted by Crippen LogP contribution is 2.52. The van der Waals surface area contributed by atoms with Crippen LogP contribution in [0.25, 0.3) is 0 Å². The van der Waals surface area contributed by atoms with Crippen LogP contribution in [0.15, 0.2) is 18.2 Å². The number of carbonyl (C=O) groups excluding carboxylic acids is 3. The van der Waals surface area contributed by atoms with Crippen molar-refractivity contribution >= 4 is 23.3 Å². The molecule has 1 saturated heterocycles. The molecular formula is C16H13F2NO3. The first-order chi connectivity index (χ1) is 10.5. The summed E-state index contributed by atoms with van der Waals surface area (Å²) in [5.74, 6) is -4.55. The maximum Gasteiger partial charge on any atom is 0.238 e. The molecule has 5 rings (SSSR count). The Morgan fingerprint density at radius 1 is 0.955 bits per heavy atom. The van der Waals surface area contributed by atoms with Gasteiger partial charge in [-0.1, -0.05) is 0 Å². The minimum Gasteiger partial charge on any atom is -0.299 e. The van der Waals surface area contributed by atoms with Gasteiger partial charge < -0.3 is 0 Å². The van der Waals surface area contributed by atoms with Gasteiger partial charge >= 0.3 is 0 Å². The minimum absolute atomic E-state index is 0.0372. The molecular weight excluding hydrogens is 292 g/mol. The van der Waals surface area contributed by atoms with E-state index in [0.29, 0.717) is 12.8 Å². The number of imide groups is 1. The van der Waals surface area contributed by atoms with Crippen LogP contribution in [-0.4, -0.2) is 17.6 Å². The average Bonchev–Trinajstić information content (AvgIpc) is 2.76. The molecule has 22 heavy (non-hydrogen) atoms. The zero-order valence-electron chi connectivity index (χ0n) is 11.6. The molecule has 4 unspecified atom stereocenters. The van der Waals surface area contributed by atoms with E-state index in [1.165, 1.54) is 6.07 Å². The highest BCUT2D eigenvalue weighted by Gasteiger charge is 2.60. The van der Waals surface area contributed by atoms with Crippen molar-refractivity contribution in [3.05, 3.63) is 29.8 Å². The van der Waals surface area contributed by atoms with Crippen LogP contribution in [0.2, 0.25) is 0 Å². The van der Waals surface area contributed by atoms with Crippen molar-refractivity contribution in [2.24, 2.45) is 23.7 Å². The number of carbonyl (C=O) groups is 3. The van der Waals surface area contributed by atoms with Gasteiger partial charge in [-0.3, -0.25) is 14.4 Å². The quantitative estimate of drug-likeness (QED) is 0.746. The molecule has 2 bridgehead atoms. The first-order valence-electron chi connectivity index (χ1n) is 7.34. The molecule has 0 radical (unpaired) electrons. The second kappa shape index (κ2) is 4.44. The van der Waals surface area contributed by atoms with Crippen molar-refractivity contribution in [1.29, 1.82) is 0 Å². The largest absolute Gasteiger partial charge is 0.299 e. The fraction of sp³-hybridized carbons (Fsp3) is 0.438. The van der Waals surface area contributed by atoms with Crippen LogP contribution in [0, 0.1) is 35.3 Å². The first-order valence-corrected chi connectivity index (χ1v) is 7.34. The number of anilines is 1. The third-order valence-electron chi connectivity index (χ3n) is 5.23. The minimum atomic E-state index is -1.10. The predicted molar refractivity (Wildman–Crippen MR) is 71.7 cm³/mol. The highest BCUT2D eigenvalue weighted by atomic mass is 19.2. The Labute approximate surface area is 125 Å². The Balaban J connectivity index is 1.77. The van der Waals surface area contributed by atoms with E-state index in [-0.39, 0.29) is 23.3 Å². The molecule has 1 heterocycles. The Bertz CT molecular complexity index is 717. The molecule has 4 fully saturated rings. The van der Waals surface area contributed by atoms with Crippen molar-refractivity contribution in [2.75, 3.05) is 4.90 Å². The fourth-order valence-corrected chi connectivity index (χ4v) is 4.26. The number of Topliss-reactive ketones (excluding diaryl/α,β-unsaturated/α-hetero) is 1. The molecule has 4 aliphatic rings. The van der Waals surface area contributed by atoms with Gasteiger partial charge in [0.2, 0.25) is 11.8 Å². The van der Waals surface area contributed by atoms with Gasteiger partial charge in [0.1, 0.15) is 5.78 Å². The van der Waals surface area contributed by atoms with E-state index >= 15 is 0 Å². The normalized spacial score (nSPS) is 33.5. The Kier molecular flexibility index (Phi) is 2.74. The third kappa shape index (κ3) is 1.63. The SMILES string of the molecule is O=C1CC2CCC1C1C(=O)N(c3ccc(F)c(F)c3)C(=O)C21. The second-order valence-corrected chi connectivity index (χ2v) is 6.28. The second-order valence-electron chi connectivity index (χ2n) is 6.28. The van der Waals surface area contributed by atoms with E-state index in [9.17, 15) is 23.2 Å². The van der Waals surface area contributed by atoms with Crippen molar-refractivity contribution < 1.29 is 23.2 Å². The molecule has 4 nitrogen and oxygen atoms in total. The molecule has 4 atom stereocenters. The van der Waals surface area contributed by atoms with Crippen molar-refractivity contribution in [3.63, 3.8) is 0 Å². The zero-order valence-corrected chi connectivity index (χ0v) is 11.6. The van der Waals surface area contributed by atoms with Gasteiger partial charge in [-0.25, -0.2) is 13.7 Å². The smallest absolute Gasteiger partial charge is 0.238 e. The maximum absolute atomic E-state index is 13.4. The van der Waals surface area contributed by atoms with Crippen molar-refractivity contribution in [3.8, 4) is 0 Å². The molecule has 3 saturated carbocycles. The molecule has 1 aliphatic heterocycles. The van der Waals surface area contributed by atoms with Gasteiger partial charge in [0, 0.05) is 18.4 Å². The summed E-state index contributed by atoms with van der Waals surface area (Å²) in [4.78, 5) is 38.2. The van der Waals surface area contributed by atoms with Gasteiger partial charge in [0.15, 0.2) is 11.6 Å². The number of benzene rings is 1. The lowest BCUT2D eigenvalue weighted by Gasteiger charge is -2.41. The molecule has 2 amide bonds. The van der Waals surface area contributed by atoms with E-state index in [2.05, 4.69) is 0 Å². The summed E-state index contributed by atoms with van der Waals surface area (Å²) in [7, 11) is 0. The topological polar surface area (TPSA) is 54.5 Å². The average molecular weight is 305 g/mol. The third-order valence-corrected chi connectivity index (χ3v) is 5.23. The maximum atomic E-state index is 13.4. The number of hydrogen-bond donors (Lipinski definition) is 0. The van der Waals surface area contributed by atoms with Gasteiger partial charge in [-0.2, -0.15) is 0 Å². The molecule has 1 aromatic carbocycles. The molecule has 1 aromatic rings. The van der Waals surface area contributed by atoms with E-state index in [1.807, 2.05) is 0 Å². The summed E-state index contributed by atoms with van der Waals surface area (Å²) in [5.41, 5.74) is 0.0372. The number of rotatable bonds is 1. The highest BCUT2D eigenvalue weighted by molar-refractivity contribution is 6.23. The van der Waals surface area contributed by atoms with E-state index in [1.54, 1.807) is 0 Å². The molecule has 6 heteroatoms. The van der Waals surface area contributed by atoms with Crippen LogP contribution in [0.1, 0.15) is 19.3 Å². The summed E-state index contributed by atoms with van der Waals surface area (Å²) < 4.78 is 26.5. The standard InChI is InChI=1S/C16H13F2NO3/c17-10-4-2-8(6-11(10)18)19-15(21)13-7-1-3-9(12(20)5-7)14(13)16(19)22/h2,4,6-7,9,13-14H,1,3,5H2. The van der Waals surface area contributed by atoms with E-state index < -0.39 is 35.3 Å². The Morgan fingerprint density at radius 3 is 2.36 bits per heavy atom. The summed E-state index contributed by atoms with van der Waals surface area (Å²) in [6, 6.07) is 2.97. The zero-order chi connectivity index (χ0) is 15.6. The number of ketones is 1. The van der Waals surface area contributed by atoms with Crippen LogP contribution in [0.5, 0.6) is 0 Å². The lowest BCUT2D eigenvalue weighted by Crippen LogP contribution is -2.46.